The Morgan fingerprint density at radius 1 is 1.15 bits per heavy atom. The van der Waals surface area contributed by atoms with E-state index in [1.54, 1.807) is 6.20 Å². The van der Waals surface area contributed by atoms with Crippen LogP contribution in [-0.2, 0) is 0 Å². The van der Waals surface area contributed by atoms with Gasteiger partial charge in [-0.3, -0.25) is 4.98 Å². The van der Waals surface area contributed by atoms with Gasteiger partial charge in [0, 0.05) is 18.1 Å². The maximum absolute atomic E-state index is 4.31. The van der Waals surface area contributed by atoms with Gasteiger partial charge < -0.3 is 0 Å². The molecular weight excluding hydrogens is 162 g/mol. The van der Waals surface area contributed by atoms with Crippen molar-refractivity contribution >= 4 is 0 Å². The van der Waals surface area contributed by atoms with Crippen LogP contribution >= 0.6 is 0 Å². The Bertz CT molecular complexity index is 418. The third-order valence-corrected chi connectivity index (χ3v) is 1.87. The van der Waals surface area contributed by atoms with Crippen LogP contribution in [0.25, 0.3) is 5.69 Å². The van der Waals surface area contributed by atoms with Gasteiger partial charge >= 0.3 is 0 Å². The molecule has 0 N–H and O–H groups in total. The van der Waals surface area contributed by atoms with Crippen LogP contribution in [0.15, 0.2) is 30.6 Å². The minimum absolute atomic E-state index is 1.01. The SMILES string of the molecule is Cc1cc(-n2ccc(C)n2)ccn1. The fraction of sp³-hybridized carbons (Fsp3) is 0.200. The van der Waals surface area contributed by atoms with Gasteiger partial charge in [0.05, 0.1) is 11.4 Å². The fourth-order valence-electron chi connectivity index (χ4n) is 1.23. The molecule has 2 aromatic heterocycles. The molecule has 13 heavy (non-hydrogen) atoms. The molecule has 0 radical (unpaired) electrons. The Hall–Kier alpha value is -1.64. The summed E-state index contributed by atoms with van der Waals surface area (Å²) in [4.78, 5) is 4.13. The Morgan fingerprint density at radius 3 is 2.62 bits per heavy atom. The summed E-state index contributed by atoms with van der Waals surface area (Å²) in [5.41, 5.74) is 3.08. The van der Waals surface area contributed by atoms with Crippen molar-refractivity contribution in [1.82, 2.24) is 14.8 Å². The van der Waals surface area contributed by atoms with Gasteiger partial charge in [0.15, 0.2) is 0 Å². The topological polar surface area (TPSA) is 30.7 Å². The van der Waals surface area contributed by atoms with Crippen LogP contribution in [0.2, 0.25) is 0 Å². The number of hydrogen-bond acceptors (Lipinski definition) is 2. The Kier molecular flexibility index (Phi) is 1.85. The van der Waals surface area contributed by atoms with Gasteiger partial charge in [-0.15, -0.1) is 0 Å². The van der Waals surface area contributed by atoms with Crippen molar-refractivity contribution in [2.75, 3.05) is 0 Å². The highest BCUT2D eigenvalue weighted by molar-refractivity contribution is 5.30. The first-order valence-corrected chi connectivity index (χ1v) is 4.21. The van der Waals surface area contributed by atoms with Crippen LogP contribution in [0.5, 0.6) is 0 Å². The molecule has 0 aliphatic heterocycles. The predicted molar refractivity (Wildman–Crippen MR) is 50.8 cm³/mol. The summed E-state index contributed by atoms with van der Waals surface area (Å²) in [5, 5.41) is 4.31. The maximum Gasteiger partial charge on any atom is 0.0678 e. The van der Waals surface area contributed by atoms with Crippen LogP contribution in [-0.4, -0.2) is 14.8 Å². The van der Waals surface area contributed by atoms with Gasteiger partial charge in [-0.1, -0.05) is 0 Å². The molecule has 66 valence electrons. The van der Waals surface area contributed by atoms with E-state index >= 15 is 0 Å². The number of aromatic nitrogens is 3. The summed E-state index contributed by atoms with van der Waals surface area (Å²) in [6.07, 6.45) is 3.74. The van der Waals surface area contributed by atoms with E-state index in [-0.39, 0.29) is 0 Å². The highest BCUT2D eigenvalue weighted by Gasteiger charge is 1.97. The molecule has 0 spiro atoms. The normalized spacial score (nSPS) is 10.3. The molecule has 0 aliphatic rings. The van der Waals surface area contributed by atoms with Crippen LogP contribution in [0.1, 0.15) is 11.4 Å². The lowest BCUT2D eigenvalue weighted by Crippen LogP contribution is -1.95. The van der Waals surface area contributed by atoms with Crippen LogP contribution in [0.4, 0.5) is 0 Å². The highest BCUT2D eigenvalue weighted by Crippen LogP contribution is 2.07. The van der Waals surface area contributed by atoms with Gasteiger partial charge in [-0.2, -0.15) is 5.10 Å². The quantitative estimate of drug-likeness (QED) is 0.659. The predicted octanol–water partition coefficient (Wildman–Crippen LogP) is 1.88. The van der Waals surface area contributed by atoms with Crippen molar-refractivity contribution in [3.05, 3.63) is 42.0 Å². The van der Waals surface area contributed by atoms with E-state index in [1.807, 2.05) is 42.9 Å². The summed E-state index contributed by atoms with van der Waals surface area (Å²) in [5.74, 6) is 0. The first-order chi connectivity index (χ1) is 6.25. The number of nitrogens with zero attached hydrogens (tertiary/aromatic N) is 3. The fourth-order valence-corrected chi connectivity index (χ4v) is 1.23. The van der Waals surface area contributed by atoms with Crippen molar-refractivity contribution in [3.8, 4) is 5.69 Å². The van der Waals surface area contributed by atoms with Crippen molar-refractivity contribution in [2.24, 2.45) is 0 Å². The molecule has 0 fully saturated rings. The molecule has 0 saturated carbocycles. The standard InChI is InChI=1S/C10H11N3/c1-8-4-6-13(12-8)10-3-5-11-9(2)7-10/h3-7H,1-2H3. The summed E-state index contributed by atoms with van der Waals surface area (Å²) in [6, 6.07) is 5.93. The lowest BCUT2D eigenvalue weighted by Gasteiger charge is -2.00. The molecule has 3 heteroatoms. The van der Waals surface area contributed by atoms with E-state index in [1.165, 1.54) is 0 Å². The number of pyridine rings is 1. The second kappa shape index (κ2) is 3.01. The van der Waals surface area contributed by atoms with E-state index in [2.05, 4.69) is 10.1 Å². The summed E-state index contributed by atoms with van der Waals surface area (Å²) >= 11 is 0. The Labute approximate surface area is 77.0 Å². The van der Waals surface area contributed by atoms with E-state index in [0.717, 1.165) is 17.1 Å². The van der Waals surface area contributed by atoms with E-state index in [9.17, 15) is 0 Å². The average molecular weight is 173 g/mol. The van der Waals surface area contributed by atoms with Gasteiger partial charge in [0.2, 0.25) is 0 Å². The molecule has 2 aromatic rings. The molecule has 0 amide bonds. The molecule has 3 nitrogen and oxygen atoms in total. The molecule has 0 aliphatic carbocycles. The zero-order valence-corrected chi connectivity index (χ0v) is 7.73. The third-order valence-electron chi connectivity index (χ3n) is 1.87. The molecule has 0 saturated heterocycles. The molecule has 0 aromatic carbocycles. The summed E-state index contributed by atoms with van der Waals surface area (Å²) in [6.45, 7) is 3.95. The van der Waals surface area contributed by atoms with Gasteiger partial charge in [-0.25, -0.2) is 4.68 Å². The number of rotatable bonds is 1. The molecule has 0 unspecified atom stereocenters. The smallest absolute Gasteiger partial charge is 0.0678 e. The Balaban J connectivity index is 2.46. The van der Waals surface area contributed by atoms with Crippen LogP contribution in [0.3, 0.4) is 0 Å². The minimum atomic E-state index is 1.01. The van der Waals surface area contributed by atoms with Gasteiger partial charge in [-0.05, 0) is 32.0 Å². The van der Waals surface area contributed by atoms with Gasteiger partial charge in [0.25, 0.3) is 0 Å². The zero-order chi connectivity index (χ0) is 9.26. The van der Waals surface area contributed by atoms with Crippen molar-refractivity contribution in [2.45, 2.75) is 13.8 Å². The van der Waals surface area contributed by atoms with E-state index in [4.69, 9.17) is 0 Å². The van der Waals surface area contributed by atoms with Crippen molar-refractivity contribution < 1.29 is 0 Å². The second-order valence-corrected chi connectivity index (χ2v) is 3.06. The lowest BCUT2D eigenvalue weighted by molar-refractivity contribution is 0.857. The highest BCUT2D eigenvalue weighted by atomic mass is 15.3. The monoisotopic (exact) mass is 173 g/mol. The zero-order valence-electron chi connectivity index (χ0n) is 7.73. The van der Waals surface area contributed by atoms with Gasteiger partial charge in [0.1, 0.15) is 0 Å². The summed E-state index contributed by atoms with van der Waals surface area (Å²) < 4.78 is 1.85. The van der Waals surface area contributed by atoms with Crippen molar-refractivity contribution in [1.29, 1.82) is 0 Å². The molecule has 2 rings (SSSR count). The van der Waals surface area contributed by atoms with Crippen LogP contribution in [0, 0.1) is 13.8 Å². The second-order valence-electron chi connectivity index (χ2n) is 3.06. The van der Waals surface area contributed by atoms with E-state index in [0.29, 0.717) is 0 Å². The number of hydrogen-bond donors (Lipinski definition) is 0. The summed E-state index contributed by atoms with van der Waals surface area (Å²) in [7, 11) is 0. The lowest BCUT2D eigenvalue weighted by atomic mass is 10.3. The third kappa shape index (κ3) is 1.59. The first kappa shape index (κ1) is 7.98. The average Bonchev–Trinajstić information content (AvgIpc) is 2.52. The molecular formula is C10H11N3. The molecule has 0 bridgehead atoms. The van der Waals surface area contributed by atoms with Crippen LogP contribution < -0.4 is 0 Å². The minimum Gasteiger partial charge on any atom is -0.261 e. The Morgan fingerprint density at radius 2 is 2.00 bits per heavy atom. The van der Waals surface area contributed by atoms with E-state index < -0.39 is 0 Å². The number of aryl methyl sites for hydroxylation is 2. The van der Waals surface area contributed by atoms with Crippen molar-refractivity contribution in [3.63, 3.8) is 0 Å². The largest absolute Gasteiger partial charge is 0.261 e. The molecule has 2 heterocycles. The first-order valence-electron chi connectivity index (χ1n) is 4.21. The molecule has 0 atom stereocenters. The maximum atomic E-state index is 4.31.